The van der Waals surface area contributed by atoms with Crippen molar-refractivity contribution in [2.24, 2.45) is 0 Å². The van der Waals surface area contributed by atoms with E-state index in [2.05, 4.69) is 27.9 Å². The molecule has 0 spiro atoms. The van der Waals surface area contributed by atoms with Crippen molar-refractivity contribution in [1.29, 1.82) is 0 Å². The molecule has 0 radical (unpaired) electrons. The van der Waals surface area contributed by atoms with Gasteiger partial charge in [-0.2, -0.15) is 9.97 Å². The standard InChI is InChI=1S/C23H30ClN5O2/c1-2-3-10-31-23-26-21(25)19-12-18(30)15-29(22(19)27-23)13-16-6-7-20(24)17(11-16)14-28-8-4-5-9-28/h6-7,11H,2-5,8-10,12-15H2,1H3,(H2,25,26,27). The number of Topliss-reactive ketones (excluding diaryl/α,β-unsaturated/α-hetero) is 1. The highest BCUT2D eigenvalue weighted by molar-refractivity contribution is 6.31. The van der Waals surface area contributed by atoms with Crippen molar-refractivity contribution in [3.05, 3.63) is 39.9 Å². The lowest BCUT2D eigenvalue weighted by molar-refractivity contribution is -0.117. The molecule has 3 heterocycles. The second kappa shape index (κ2) is 9.83. The third-order valence-corrected chi connectivity index (χ3v) is 6.21. The van der Waals surface area contributed by atoms with Crippen molar-refractivity contribution in [3.63, 3.8) is 0 Å². The van der Waals surface area contributed by atoms with Crippen molar-refractivity contribution >= 4 is 29.0 Å². The Morgan fingerprint density at radius 2 is 2.00 bits per heavy atom. The van der Waals surface area contributed by atoms with Crippen LogP contribution in [-0.2, 0) is 24.3 Å². The van der Waals surface area contributed by atoms with Gasteiger partial charge in [-0.15, -0.1) is 0 Å². The fourth-order valence-corrected chi connectivity index (χ4v) is 4.37. The van der Waals surface area contributed by atoms with E-state index in [0.29, 0.717) is 36.9 Å². The molecule has 0 atom stereocenters. The molecule has 166 valence electrons. The molecule has 0 saturated carbocycles. The van der Waals surface area contributed by atoms with E-state index < -0.39 is 0 Å². The molecule has 1 aromatic heterocycles. The summed E-state index contributed by atoms with van der Waals surface area (Å²) < 4.78 is 5.69. The zero-order chi connectivity index (χ0) is 21.8. The first kappa shape index (κ1) is 21.8. The van der Waals surface area contributed by atoms with Gasteiger partial charge in [-0.3, -0.25) is 9.69 Å². The van der Waals surface area contributed by atoms with Gasteiger partial charge >= 0.3 is 6.01 Å². The lowest BCUT2D eigenvalue weighted by atomic mass is 10.0. The van der Waals surface area contributed by atoms with E-state index in [1.165, 1.54) is 12.8 Å². The molecule has 4 rings (SSSR count). The second-order valence-corrected chi connectivity index (χ2v) is 8.78. The van der Waals surface area contributed by atoms with E-state index >= 15 is 0 Å². The summed E-state index contributed by atoms with van der Waals surface area (Å²) >= 11 is 6.48. The number of carbonyl (C=O) groups is 1. The number of fused-ring (bicyclic) bond motifs is 1. The summed E-state index contributed by atoms with van der Waals surface area (Å²) in [5.74, 6) is 1.11. The van der Waals surface area contributed by atoms with Gasteiger partial charge in [-0.25, -0.2) is 0 Å². The van der Waals surface area contributed by atoms with E-state index in [9.17, 15) is 4.79 Å². The third-order valence-electron chi connectivity index (χ3n) is 5.84. The van der Waals surface area contributed by atoms with Crippen molar-refractivity contribution in [3.8, 4) is 6.01 Å². The van der Waals surface area contributed by atoms with Crippen LogP contribution in [0.1, 0.15) is 49.3 Å². The summed E-state index contributed by atoms with van der Waals surface area (Å²) in [4.78, 5) is 25.7. The number of ketones is 1. The van der Waals surface area contributed by atoms with Gasteiger partial charge in [-0.1, -0.05) is 37.1 Å². The van der Waals surface area contributed by atoms with Crippen LogP contribution in [0, 0.1) is 0 Å². The average Bonchev–Trinajstić information content (AvgIpc) is 3.25. The number of hydrogen-bond donors (Lipinski definition) is 1. The Hall–Kier alpha value is -2.38. The van der Waals surface area contributed by atoms with Crippen LogP contribution in [0.15, 0.2) is 18.2 Å². The van der Waals surface area contributed by atoms with E-state index in [1.807, 2.05) is 17.0 Å². The van der Waals surface area contributed by atoms with Crippen molar-refractivity contribution in [2.75, 3.05) is 36.9 Å². The molecular weight excluding hydrogens is 414 g/mol. The minimum Gasteiger partial charge on any atom is -0.463 e. The zero-order valence-corrected chi connectivity index (χ0v) is 18.8. The maximum Gasteiger partial charge on any atom is 0.320 e. The smallest absolute Gasteiger partial charge is 0.320 e. The molecule has 1 fully saturated rings. The molecular formula is C23H30ClN5O2. The Labute approximate surface area is 188 Å². The molecule has 2 aromatic rings. The first-order valence-electron chi connectivity index (χ1n) is 11.1. The normalized spacial score (nSPS) is 16.6. The van der Waals surface area contributed by atoms with Gasteiger partial charge in [0.25, 0.3) is 0 Å². The van der Waals surface area contributed by atoms with Crippen LogP contribution in [0.4, 0.5) is 11.6 Å². The number of halogens is 1. The summed E-state index contributed by atoms with van der Waals surface area (Å²) in [6.45, 7) is 6.58. The topological polar surface area (TPSA) is 84.6 Å². The maximum absolute atomic E-state index is 12.4. The van der Waals surface area contributed by atoms with Crippen LogP contribution in [0.25, 0.3) is 0 Å². The Kier molecular flexibility index (Phi) is 6.92. The number of rotatable bonds is 8. The molecule has 1 aromatic carbocycles. The molecule has 0 bridgehead atoms. The molecule has 0 aliphatic carbocycles. The summed E-state index contributed by atoms with van der Waals surface area (Å²) in [6.07, 6.45) is 4.69. The molecule has 0 unspecified atom stereocenters. The number of likely N-dealkylation sites (tertiary alicyclic amines) is 1. The zero-order valence-electron chi connectivity index (χ0n) is 18.1. The van der Waals surface area contributed by atoms with Gasteiger partial charge in [0, 0.05) is 30.1 Å². The van der Waals surface area contributed by atoms with Gasteiger partial charge in [-0.05, 0) is 49.5 Å². The van der Waals surface area contributed by atoms with Crippen LogP contribution in [0.3, 0.4) is 0 Å². The first-order chi connectivity index (χ1) is 15.0. The Balaban J connectivity index is 1.57. The van der Waals surface area contributed by atoms with E-state index in [4.69, 9.17) is 22.1 Å². The number of carbonyl (C=O) groups excluding carboxylic acids is 1. The SMILES string of the molecule is CCCCOc1nc(N)c2c(n1)N(Cc1ccc(Cl)c(CN3CCCC3)c1)CC(=O)C2. The number of nitrogens with two attached hydrogens (primary N) is 1. The average molecular weight is 444 g/mol. The minimum atomic E-state index is 0.105. The Morgan fingerprint density at radius 3 is 2.77 bits per heavy atom. The van der Waals surface area contributed by atoms with E-state index in [-0.39, 0.29) is 18.2 Å². The van der Waals surface area contributed by atoms with Gasteiger partial charge in [0.15, 0.2) is 5.78 Å². The summed E-state index contributed by atoms with van der Waals surface area (Å²) in [5.41, 5.74) is 9.06. The molecule has 7 nitrogen and oxygen atoms in total. The Bertz CT molecular complexity index is 946. The summed E-state index contributed by atoms with van der Waals surface area (Å²) in [7, 11) is 0. The lowest BCUT2D eigenvalue weighted by Gasteiger charge is -2.30. The highest BCUT2D eigenvalue weighted by Crippen LogP contribution is 2.31. The molecule has 2 aliphatic heterocycles. The molecule has 2 N–H and O–H groups in total. The predicted octanol–water partition coefficient (Wildman–Crippen LogP) is 3.62. The number of nitrogen functional groups attached to an aromatic ring is 1. The Morgan fingerprint density at radius 1 is 1.19 bits per heavy atom. The first-order valence-corrected chi connectivity index (χ1v) is 11.5. The molecule has 31 heavy (non-hydrogen) atoms. The molecule has 1 saturated heterocycles. The molecule has 2 aliphatic rings. The minimum absolute atomic E-state index is 0.105. The van der Waals surface area contributed by atoms with Crippen LogP contribution in [0.5, 0.6) is 6.01 Å². The number of anilines is 2. The van der Waals surface area contributed by atoms with Crippen molar-refractivity contribution in [2.45, 2.75) is 52.1 Å². The van der Waals surface area contributed by atoms with Crippen molar-refractivity contribution in [1.82, 2.24) is 14.9 Å². The van der Waals surface area contributed by atoms with E-state index in [1.54, 1.807) is 0 Å². The fraction of sp³-hybridized carbons (Fsp3) is 0.522. The summed E-state index contributed by atoms with van der Waals surface area (Å²) in [5, 5.41) is 0.781. The number of nitrogens with zero attached hydrogens (tertiary/aromatic N) is 4. The largest absolute Gasteiger partial charge is 0.463 e. The van der Waals surface area contributed by atoms with Gasteiger partial charge in [0.05, 0.1) is 13.2 Å². The monoisotopic (exact) mass is 443 g/mol. The second-order valence-electron chi connectivity index (χ2n) is 8.38. The number of unbranched alkanes of at least 4 members (excludes halogenated alkanes) is 1. The molecule has 0 amide bonds. The van der Waals surface area contributed by atoms with Gasteiger partial charge in [0.1, 0.15) is 11.6 Å². The predicted molar refractivity (Wildman–Crippen MR) is 123 cm³/mol. The van der Waals surface area contributed by atoms with Crippen LogP contribution in [-0.4, -0.2) is 46.9 Å². The maximum atomic E-state index is 12.4. The number of benzene rings is 1. The van der Waals surface area contributed by atoms with Crippen molar-refractivity contribution < 1.29 is 9.53 Å². The number of ether oxygens (including phenoxy) is 1. The van der Waals surface area contributed by atoms with Gasteiger partial charge < -0.3 is 15.4 Å². The van der Waals surface area contributed by atoms with Crippen LogP contribution < -0.4 is 15.4 Å². The quantitative estimate of drug-likeness (QED) is 0.623. The van der Waals surface area contributed by atoms with E-state index in [0.717, 1.165) is 48.6 Å². The highest BCUT2D eigenvalue weighted by Gasteiger charge is 2.28. The molecule has 8 heteroatoms. The fourth-order valence-electron chi connectivity index (χ4n) is 4.19. The number of hydrogen-bond acceptors (Lipinski definition) is 7. The van der Waals surface area contributed by atoms with Crippen LogP contribution >= 0.6 is 11.6 Å². The van der Waals surface area contributed by atoms with Crippen LogP contribution in [0.2, 0.25) is 5.02 Å². The highest BCUT2D eigenvalue weighted by atomic mass is 35.5. The summed E-state index contributed by atoms with van der Waals surface area (Å²) in [6, 6.07) is 6.37. The lowest BCUT2D eigenvalue weighted by Crippen LogP contribution is -2.36. The van der Waals surface area contributed by atoms with Gasteiger partial charge in [0.2, 0.25) is 0 Å². The third kappa shape index (κ3) is 5.28. The number of aromatic nitrogens is 2.